The number of nitrogens with zero attached hydrogens (tertiary/aromatic N) is 5. The minimum Gasteiger partial charge on any atom is -0.349 e. The molecule has 33 heavy (non-hydrogen) atoms. The Hall–Kier alpha value is -4.14. The molecule has 166 valence electrons. The van der Waals surface area contributed by atoms with Gasteiger partial charge in [-0.15, -0.1) is 0 Å². The number of nitrogens with one attached hydrogen (secondary N) is 2. The molecule has 0 radical (unpaired) electrons. The molecule has 9 heteroatoms. The molecule has 2 N–H and O–H groups in total. The van der Waals surface area contributed by atoms with Crippen molar-refractivity contribution in [3.8, 4) is 0 Å². The minimum absolute atomic E-state index is 0.0548. The highest BCUT2D eigenvalue weighted by atomic mass is 16.2. The van der Waals surface area contributed by atoms with Crippen LogP contribution in [-0.2, 0) is 17.8 Å². The quantitative estimate of drug-likeness (QED) is 0.507. The predicted octanol–water partition coefficient (Wildman–Crippen LogP) is 2.94. The number of para-hydroxylation sites is 2. The summed E-state index contributed by atoms with van der Waals surface area (Å²) in [6.07, 6.45) is 2.19. The van der Waals surface area contributed by atoms with Crippen LogP contribution in [0.4, 0.5) is 11.6 Å². The Kier molecular flexibility index (Phi) is 4.42. The normalized spacial score (nSPS) is 17.0. The van der Waals surface area contributed by atoms with Crippen LogP contribution in [0.15, 0.2) is 54.9 Å². The third-order valence-electron chi connectivity index (χ3n) is 6.64. The minimum atomic E-state index is -0.221. The summed E-state index contributed by atoms with van der Waals surface area (Å²) < 4.78 is 2.21. The maximum atomic E-state index is 13.4. The van der Waals surface area contributed by atoms with Crippen molar-refractivity contribution in [2.24, 2.45) is 0 Å². The van der Waals surface area contributed by atoms with E-state index in [4.69, 9.17) is 0 Å². The Labute approximate surface area is 190 Å². The average Bonchev–Trinajstić information content (AvgIpc) is 3.46. The van der Waals surface area contributed by atoms with Gasteiger partial charge in [-0.25, -0.2) is 5.10 Å². The first-order valence-electron chi connectivity index (χ1n) is 11.0. The molecular formula is C24H23N7O2. The monoisotopic (exact) mass is 441 g/mol. The average molecular weight is 441 g/mol. The van der Waals surface area contributed by atoms with Crippen molar-refractivity contribution in [2.45, 2.75) is 25.6 Å². The van der Waals surface area contributed by atoms with E-state index in [1.54, 1.807) is 0 Å². The van der Waals surface area contributed by atoms with Crippen LogP contribution in [0.2, 0.25) is 0 Å². The first-order chi connectivity index (χ1) is 16.1. The van der Waals surface area contributed by atoms with Crippen LogP contribution >= 0.6 is 0 Å². The number of amides is 2. The van der Waals surface area contributed by atoms with Crippen molar-refractivity contribution in [2.75, 3.05) is 23.8 Å². The SMILES string of the molecule is CN1c2ccccc2C(=O)N2CCc3c(n(CCC(=O)Nc4ncn[nH]4)c4ccccc34)C21. The van der Waals surface area contributed by atoms with Crippen LogP contribution in [0, 0.1) is 0 Å². The van der Waals surface area contributed by atoms with Gasteiger partial charge in [-0.3, -0.25) is 14.9 Å². The van der Waals surface area contributed by atoms with E-state index in [0.29, 0.717) is 19.0 Å². The molecule has 2 aromatic carbocycles. The fourth-order valence-electron chi connectivity index (χ4n) is 5.22. The maximum Gasteiger partial charge on any atom is 0.257 e. The Balaban J connectivity index is 1.42. The van der Waals surface area contributed by atoms with Gasteiger partial charge in [-0.1, -0.05) is 30.3 Å². The Morgan fingerprint density at radius 1 is 1.18 bits per heavy atom. The molecule has 0 saturated heterocycles. The van der Waals surface area contributed by atoms with Crippen molar-refractivity contribution >= 4 is 34.4 Å². The van der Waals surface area contributed by atoms with Gasteiger partial charge < -0.3 is 14.4 Å². The highest BCUT2D eigenvalue weighted by molar-refractivity contribution is 6.02. The lowest BCUT2D eigenvalue weighted by atomic mass is 9.96. The summed E-state index contributed by atoms with van der Waals surface area (Å²) in [6, 6.07) is 16.0. The second kappa shape index (κ2) is 7.47. The van der Waals surface area contributed by atoms with Gasteiger partial charge in [-0.05, 0) is 30.2 Å². The number of hydrogen-bond acceptors (Lipinski definition) is 5. The van der Waals surface area contributed by atoms with E-state index in [1.165, 1.54) is 17.3 Å². The smallest absolute Gasteiger partial charge is 0.257 e. The van der Waals surface area contributed by atoms with Gasteiger partial charge in [0.15, 0.2) is 0 Å². The van der Waals surface area contributed by atoms with Gasteiger partial charge in [0.05, 0.1) is 16.9 Å². The van der Waals surface area contributed by atoms with Crippen LogP contribution in [0.5, 0.6) is 0 Å². The molecule has 0 fully saturated rings. The van der Waals surface area contributed by atoms with Crippen molar-refractivity contribution in [3.05, 3.63) is 71.7 Å². The van der Waals surface area contributed by atoms with Gasteiger partial charge in [-0.2, -0.15) is 10.1 Å². The highest BCUT2D eigenvalue weighted by Crippen LogP contribution is 2.44. The molecule has 2 aliphatic rings. The first-order valence-corrected chi connectivity index (χ1v) is 11.0. The first kappa shape index (κ1) is 19.5. The molecule has 1 unspecified atom stereocenters. The molecular weight excluding hydrogens is 418 g/mol. The number of hydrogen-bond donors (Lipinski definition) is 2. The van der Waals surface area contributed by atoms with Crippen molar-refractivity contribution in [1.82, 2.24) is 24.6 Å². The number of rotatable bonds is 4. The third kappa shape index (κ3) is 3.00. The van der Waals surface area contributed by atoms with Gasteiger partial charge >= 0.3 is 0 Å². The molecule has 9 nitrogen and oxygen atoms in total. The lowest BCUT2D eigenvalue weighted by Crippen LogP contribution is -2.51. The van der Waals surface area contributed by atoms with E-state index in [0.717, 1.165) is 28.9 Å². The number of aryl methyl sites for hydroxylation is 1. The third-order valence-corrected chi connectivity index (χ3v) is 6.64. The summed E-state index contributed by atoms with van der Waals surface area (Å²) in [7, 11) is 2.04. The summed E-state index contributed by atoms with van der Waals surface area (Å²) >= 11 is 0. The van der Waals surface area contributed by atoms with Gasteiger partial charge in [0.1, 0.15) is 12.5 Å². The number of carbonyl (C=O) groups excluding carboxylic acids is 2. The summed E-state index contributed by atoms with van der Waals surface area (Å²) in [5, 5.41) is 10.3. The summed E-state index contributed by atoms with van der Waals surface area (Å²) in [5.74, 6) is 0.239. The van der Waals surface area contributed by atoms with Gasteiger partial charge in [0.2, 0.25) is 11.9 Å². The second-order valence-electron chi connectivity index (χ2n) is 8.42. The molecule has 1 atom stereocenters. The molecule has 4 aromatic rings. The van der Waals surface area contributed by atoms with Crippen molar-refractivity contribution in [3.63, 3.8) is 0 Å². The van der Waals surface area contributed by atoms with E-state index in [-0.39, 0.29) is 24.4 Å². The molecule has 2 amide bonds. The largest absolute Gasteiger partial charge is 0.349 e. The number of anilines is 2. The van der Waals surface area contributed by atoms with Crippen LogP contribution < -0.4 is 10.2 Å². The van der Waals surface area contributed by atoms with E-state index >= 15 is 0 Å². The number of aromatic nitrogens is 4. The predicted molar refractivity (Wildman–Crippen MR) is 124 cm³/mol. The summed E-state index contributed by atoms with van der Waals surface area (Å²) in [4.78, 5) is 34.1. The van der Waals surface area contributed by atoms with Gasteiger partial charge in [0, 0.05) is 37.5 Å². The van der Waals surface area contributed by atoms with Crippen molar-refractivity contribution in [1.29, 1.82) is 0 Å². The van der Waals surface area contributed by atoms with E-state index in [1.807, 2.05) is 48.3 Å². The Bertz CT molecular complexity index is 1370. The standard InChI is InChI=1S/C24H23N7O2/c1-29-18-8-4-3-7-17(18)23(33)31-12-10-16-15-6-2-5-9-19(15)30(21(16)22(29)31)13-11-20(32)27-24-25-14-26-28-24/h2-9,14,22H,10-13H2,1H3,(H2,25,26,27,28,32). The molecule has 0 aliphatic carbocycles. The molecule has 0 saturated carbocycles. The number of benzene rings is 2. The fourth-order valence-corrected chi connectivity index (χ4v) is 5.22. The fraction of sp³-hybridized carbons (Fsp3) is 0.250. The Morgan fingerprint density at radius 2 is 2.00 bits per heavy atom. The molecule has 6 rings (SSSR count). The molecule has 0 bridgehead atoms. The highest BCUT2D eigenvalue weighted by Gasteiger charge is 2.42. The lowest BCUT2D eigenvalue weighted by molar-refractivity contribution is -0.116. The van der Waals surface area contributed by atoms with E-state index < -0.39 is 0 Å². The summed E-state index contributed by atoms with van der Waals surface area (Å²) in [5.41, 5.74) is 5.07. The van der Waals surface area contributed by atoms with Crippen LogP contribution in [-0.4, -0.2) is 50.1 Å². The van der Waals surface area contributed by atoms with Crippen LogP contribution in [0.1, 0.15) is 34.2 Å². The van der Waals surface area contributed by atoms with Crippen molar-refractivity contribution < 1.29 is 9.59 Å². The second-order valence-corrected chi connectivity index (χ2v) is 8.42. The zero-order valence-corrected chi connectivity index (χ0v) is 18.2. The molecule has 2 aliphatic heterocycles. The molecule has 4 heterocycles. The van der Waals surface area contributed by atoms with E-state index in [2.05, 4.69) is 42.1 Å². The zero-order valence-electron chi connectivity index (χ0n) is 18.2. The molecule has 2 aromatic heterocycles. The number of fused-ring (bicyclic) bond motifs is 6. The Morgan fingerprint density at radius 3 is 2.85 bits per heavy atom. The zero-order chi connectivity index (χ0) is 22.5. The van der Waals surface area contributed by atoms with Gasteiger partial charge in [0.25, 0.3) is 5.91 Å². The van der Waals surface area contributed by atoms with Crippen LogP contribution in [0.3, 0.4) is 0 Å². The number of carbonyl (C=O) groups is 2. The van der Waals surface area contributed by atoms with E-state index in [9.17, 15) is 9.59 Å². The maximum absolute atomic E-state index is 13.4. The summed E-state index contributed by atoms with van der Waals surface area (Å²) in [6.45, 7) is 1.15. The molecule has 0 spiro atoms. The van der Waals surface area contributed by atoms with Crippen LogP contribution in [0.25, 0.3) is 10.9 Å². The number of H-pyrrole nitrogens is 1. The number of aromatic amines is 1. The lowest BCUT2D eigenvalue weighted by Gasteiger charge is -2.46. The topological polar surface area (TPSA) is 99.2 Å².